The number of aryl methyl sites for hydroxylation is 1. The van der Waals surface area contributed by atoms with Crippen LogP contribution in [-0.2, 0) is 0 Å². The lowest BCUT2D eigenvalue weighted by atomic mass is 10.1. The zero-order valence-corrected chi connectivity index (χ0v) is 9.70. The van der Waals surface area contributed by atoms with Crippen molar-refractivity contribution >= 4 is 5.82 Å². The summed E-state index contributed by atoms with van der Waals surface area (Å²) in [7, 11) is 0. The van der Waals surface area contributed by atoms with Crippen molar-refractivity contribution in [3.8, 4) is 0 Å². The molecule has 1 heterocycles. The molecule has 2 atom stereocenters. The minimum Gasteiger partial charge on any atom is -0.393 e. The number of hydrogen-bond acceptors (Lipinski definition) is 3. The largest absolute Gasteiger partial charge is 0.393 e. The number of aromatic nitrogens is 1. The third-order valence-electron chi connectivity index (χ3n) is 2.26. The van der Waals surface area contributed by atoms with Crippen LogP contribution in [0.25, 0.3) is 0 Å². The standard InChI is InChI=1S/C12H20N2O/c1-9(7-11(3)15)8-13-12-6-4-5-10(2)14-12/h4-6,9,11,15H,7-8H2,1-3H3,(H,13,14)/t9-,11+/m0/s1. The summed E-state index contributed by atoms with van der Waals surface area (Å²) in [5.41, 5.74) is 1.02. The lowest BCUT2D eigenvalue weighted by Gasteiger charge is -2.14. The average molecular weight is 208 g/mol. The van der Waals surface area contributed by atoms with Gasteiger partial charge in [-0.05, 0) is 38.3 Å². The molecular weight excluding hydrogens is 188 g/mol. The molecule has 15 heavy (non-hydrogen) atoms. The fourth-order valence-electron chi connectivity index (χ4n) is 1.59. The Hall–Kier alpha value is -1.09. The first-order chi connectivity index (χ1) is 7.08. The first kappa shape index (κ1) is 12.0. The second-order valence-electron chi connectivity index (χ2n) is 4.24. The van der Waals surface area contributed by atoms with Crippen molar-refractivity contribution in [1.82, 2.24) is 4.98 Å². The number of anilines is 1. The molecule has 0 aliphatic rings. The molecule has 0 fully saturated rings. The van der Waals surface area contributed by atoms with Gasteiger partial charge in [-0.2, -0.15) is 0 Å². The van der Waals surface area contributed by atoms with Crippen molar-refractivity contribution in [1.29, 1.82) is 0 Å². The lowest BCUT2D eigenvalue weighted by Crippen LogP contribution is -2.16. The van der Waals surface area contributed by atoms with Crippen molar-refractivity contribution in [3.05, 3.63) is 23.9 Å². The van der Waals surface area contributed by atoms with Crippen LogP contribution < -0.4 is 5.32 Å². The van der Waals surface area contributed by atoms with Crippen LogP contribution in [0.3, 0.4) is 0 Å². The number of aliphatic hydroxyl groups excluding tert-OH is 1. The summed E-state index contributed by atoms with van der Waals surface area (Å²) in [5.74, 6) is 1.36. The van der Waals surface area contributed by atoms with Gasteiger partial charge in [-0.3, -0.25) is 0 Å². The molecule has 0 aliphatic heterocycles. The topological polar surface area (TPSA) is 45.1 Å². The van der Waals surface area contributed by atoms with Gasteiger partial charge in [0.05, 0.1) is 6.10 Å². The quantitative estimate of drug-likeness (QED) is 0.779. The smallest absolute Gasteiger partial charge is 0.126 e. The molecular formula is C12H20N2O. The molecule has 1 rings (SSSR count). The van der Waals surface area contributed by atoms with Crippen molar-refractivity contribution in [3.63, 3.8) is 0 Å². The maximum absolute atomic E-state index is 9.22. The molecule has 0 saturated carbocycles. The summed E-state index contributed by atoms with van der Waals surface area (Å²) in [5, 5.41) is 12.5. The van der Waals surface area contributed by atoms with Crippen LogP contribution in [0.4, 0.5) is 5.82 Å². The minimum atomic E-state index is -0.229. The Kier molecular flexibility index (Phi) is 4.56. The van der Waals surface area contributed by atoms with Gasteiger partial charge in [0.1, 0.15) is 5.82 Å². The maximum atomic E-state index is 9.22. The molecule has 0 aromatic carbocycles. The normalized spacial score (nSPS) is 14.7. The fraction of sp³-hybridized carbons (Fsp3) is 0.583. The van der Waals surface area contributed by atoms with E-state index in [0.717, 1.165) is 24.5 Å². The van der Waals surface area contributed by atoms with Crippen molar-refractivity contribution in [2.75, 3.05) is 11.9 Å². The van der Waals surface area contributed by atoms with E-state index in [1.165, 1.54) is 0 Å². The number of pyridine rings is 1. The molecule has 1 aromatic heterocycles. The van der Waals surface area contributed by atoms with E-state index in [2.05, 4.69) is 17.2 Å². The first-order valence-electron chi connectivity index (χ1n) is 5.43. The minimum absolute atomic E-state index is 0.229. The first-order valence-corrected chi connectivity index (χ1v) is 5.43. The van der Waals surface area contributed by atoms with Gasteiger partial charge in [-0.1, -0.05) is 13.0 Å². The molecule has 2 N–H and O–H groups in total. The number of nitrogens with one attached hydrogen (secondary N) is 1. The zero-order valence-electron chi connectivity index (χ0n) is 9.70. The predicted molar refractivity (Wildman–Crippen MR) is 62.9 cm³/mol. The Labute approximate surface area is 91.5 Å². The third kappa shape index (κ3) is 4.79. The van der Waals surface area contributed by atoms with E-state index in [1.54, 1.807) is 0 Å². The van der Waals surface area contributed by atoms with E-state index in [1.807, 2.05) is 32.0 Å². The molecule has 1 aromatic rings. The Morgan fingerprint density at radius 1 is 1.40 bits per heavy atom. The second kappa shape index (κ2) is 5.71. The van der Waals surface area contributed by atoms with Gasteiger partial charge in [0.15, 0.2) is 0 Å². The monoisotopic (exact) mass is 208 g/mol. The molecule has 3 heteroatoms. The highest BCUT2D eigenvalue weighted by Gasteiger charge is 2.05. The summed E-state index contributed by atoms with van der Waals surface area (Å²) in [4.78, 5) is 4.35. The summed E-state index contributed by atoms with van der Waals surface area (Å²) >= 11 is 0. The average Bonchev–Trinajstić information content (AvgIpc) is 2.14. The van der Waals surface area contributed by atoms with Crippen molar-refractivity contribution in [2.45, 2.75) is 33.3 Å². The van der Waals surface area contributed by atoms with Crippen LogP contribution in [0.5, 0.6) is 0 Å². The summed E-state index contributed by atoms with van der Waals surface area (Å²) < 4.78 is 0. The molecule has 0 radical (unpaired) electrons. The molecule has 0 amide bonds. The van der Waals surface area contributed by atoms with Crippen LogP contribution >= 0.6 is 0 Å². The van der Waals surface area contributed by atoms with E-state index in [4.69, 9.17) is 0 Å². The summed E-state index contributed by atoms with van der Waals surface area (Å²) in [6, 6.07) is 5.93. The Balaban J connectivity index is 2.36. The zero-order chi connectivity index (χ0) is 11.3. The molecule has 0 saturated heterocycles. The van der Waals surface area contributed by atoms with Crippen LogP contribution in [0.1, 0.15) is 26.0 Å². The van der Waals surface area contributed by atoms with Gasteiger partial charge in [0.25, 0.3) is 0 Å². The fourth-order valence-corrected chi connectivity index (χ4v) is 1.59. The van der Waals surface area contributed by atoms with E-state index in [-0.39, 0.29) is 6.10 Å². The molecule has 0 spiro atoms. The Bertz CT molecular complexity index is 299. The summed E-state index contributed by atoms with van der Waals surface area (Å²) in [6.45, 7) is 6.77. The van der Waals surface area contributed by atoms with Gasteiger partial charge >= 0.3 is 0 Å². The maximum Gasteiger partial charge on any atom is 0.126 e. The molecule has 0 unspecified atom stereocenters. The Morgan fingerprint density at radius 2 is 2.13 bits per heavy atom. The molecule has 0 bridgehead atoms. The van der Waals surface area contributed by atoms with Crippen LogP contribution in [-0.4, -0.2) is 22.7 Å². The Morgan fingerprint density at radius 3 is 2.73 bits per heavy atom. The van der Waals surface area contributed by atoms with Gasteiger partial charge in [0.2, 0.25) is 0 Å². The van der Waals surface area contributed by atoms with E-state index in [0.29, 0.717) is 5.92 Å². The van der Waals surface area contributed by atoms with Gasteiger partial charge < -0.3 is 10.4 Å². The van der Waals surface area contributed by atoms with E-state index >= 15 is 0 Å². The van der Waals surface area contributed by atoms with Crippen LogP contribution in [0.2, 0.25) is 0 Å². The van der Waals surface area contributed by atoms with Gasteiger partial charge in [-0.25, -0.2) is 4.98 Å². The SMILES string of the molecule is Cc1cccc(NC[C@@H](C)C[C@@H](C)O)n1. The van der Waals surface area contributed by atoms with Gasteiger partial charge in [0, 0.05) is 12.2 Å². The molecule has 3 nitrogen and oxygen atoms in total. The van der Waals surface area contributed by atoms with Crippen LogP contribution in [0, 0.1) is 12.8 Å². The number of aliphatic hydroxyl groups is 1. The van der Waals surface area contributed by atoms with E-state index < -0.39 is 0 Å². The number of nitrogens with zero attached hydrogens (tertiary/aromatic N) is 1. The molecule has 84 valence electrons. The van der Waals surface area contributed by atoms with Gasteiger partial charge in [-0.15, -0.1) is 0 Å². The summed E-state index contributed by atoms with van der Waals surface area (Å²) in [6.07, 6.45) is 0.589. The lowest BCUT2D eigenvalue weighted by molar-refractivity contribution is 0.166. The third-order valence-corrected chi connectivity index (χ3v) is 2.26. The number of rotatable bonds is 5. The predicted octanol–water partition coefficient (Wildman–Crippen LogP) is 2.21. The van der Waals surface area contributed by atoms with Crippen molar-refractivity contribution in [2.24, 2.45) is 5.92 Å². The number of hydrogen-bond donors (Lipinski definition) is 2. The van der Waals surface area contributed by atoms with E-state index in [9.17, 15) is 5.11 Å². The van der Waals surface area contributed by atoms with Crippen molar-refractivity contribution < 1.29 is 5.11 Å². The highest BCUT2D eigenvalue weighted by atomic mass is 16.3. The second-order valence-corrected chi connectivity index (χ2v) is 4.24. The highest BCUT2D eigenvalue weighted by molar-refractivity contribution is 5.34. The van der Waals surface area contributed by atoms with Crippen LogP contribution in [0.15, 0.2) is 18.2 Å². The molecule has 0 aliphatic carbocycles. The highest BCUT2D eigenvalue weighted by Crippen LogP contribution is 2.08.